The Morgan fingerprint density at radius 1 is 1.41 bits per heavy atom. The van der Waals surface area contributed by atoms with Gasteiger partial charge in [0.15, 0.2) is 0 Å². The molecule has 0 spiro atoms. The highest BCUT2D eigenvalue weighted by atomic mass is 16.3. The number of aryl methyl sites for hydroxylation is 1. The standard InChI is InChI=1S/C14H22N2O/c1-11-6-8-14(10-17,9-7-11)16-13-5-3-4-12(2)15-13/h3-5,11,17H,6-10H2,1-2H3,(H,15,16). The molecule has 0 aromatic carbocycles. The molecule has 1 saturated carbocycles. The topological polar surface area (TPSA) is 45.1 Å². The summed E-state index contributed by atoms with van der Waals surface area (Å²) in [5.41, 5.74) is 0.847. The van der Waals surface area contributed by atoms with E-state index < -0.39 is 0 Å². The van der Waals surface area contributed by atoms with E-state index in [1.807, 2.05) is 25.1 Å². The second-order valence-electron chi connectivity index (χ2n) is 5.41. The van der Waals surface area contributed by atoms with Crippen molar-refractivity contribution in [3.63, 3.8) is 0 Å². The van der Waals surface area contributed by atoms with Crippen LogP contribution in [0.3, 0.4) is 0 Å². The minimum Gasteiger partial charge on any atom is -0.394 e. The molecule has 0 radical (unpaired) electrons. The first-order chi connectivity index (χ1) is 8.13. The number of anilines is 1. The van der Waals surface area contributed by atoms with Crippen LogP contribution in [0.4, 0.5) is 5.82 Å². The summed E-state index contributed by atoms with van der Waals surface area (Å²) in [6.07, 6.45) is 4.42. The molecule has 0 aliphatic heterocycles. The van der Waals surface area contributed by atoms with Gasteiger partial charge in [-0.25, -0.2) is 4.98 Å². The molecule has 1 heterocycles. The fraction of sp³-hybridized carbons (Fsp3) is 0.643. The number of aliphatic hydroxyl groups is 1. The number of hydrogen-bond acceptors (Lipinski definition) is 3. The number of aromatic nitrogens is 1. The summed E-state index contributed by atoms with van der Waals surface area (Å²) in [6, 6.07) is 5.96. The highest BCUT2D eigenvalue weighted by Crippen LogP contribution is 2.33. The molecule has 17 heavy (non-hydrogen) atoms. The van der Waals surface area contributed by atoms with Gasteiger partial charge in [0.05, 0.1) is 12.1 Å². The lowest BCUT2D eigenvalue weighted by Gasteiger charge is -2.39. The maximum atomic E-state index is 9.67. The van der Waals surface area contributed by atoms with E-state index >= 15 is 0 Å². The maximum Gasteiger partial charge on any atom is 0.126 e. The Hall–Kier alpha value is -1.09. The number of pyridine rings is 1. The van der Waals surface area contributed by atoms with Crippen molar-refractivity contribution in [1.82, 2.24) is 4.98 Å². The van der Waals surface area contributed by atoms with Crippen LogP contribution in [0.1, 0.15) is 38.3 Å². The SMILES string of the molecule is Cc1cccc(NC2(CO)CCC(C)CC2)n1. The molecule has 0 saturated heterocycles. The van der Waals surface area contributed by atoms with Gasteiger partial charge in [-0.15, -0.1) is 0 Å². The lowest BCUT2D eigenvalue weighted by molar-refractivity contribution is 0.155. The van der Waals surface area contributed by atoms with Gasteiger partial charge in [0.2, 0.25) is 0 Å². The van der Waals surface area contributed by atoms with Crippen molar-refractivity contribution in [3.05, 3.63) is 23.9 Å². The highest BCUT2D eigenvalue weighted by molar-refractivity contribution is 5.38. The van der Waals surface area contributed by atoms with Crippen LogP contribution < -0.4 is 5.32 Å². The first-order valence-electron chi connectivity index (χ1n) is 6.46. The van der Waals surface area contributed by atoms with Gasteiger partial charge in [-0.05, 0) is 50.7 Å². The molecule has 1 fully saturated rings. The van der Waals surface area contributed by atoms with Crippen LogP contribution >= 0.6 is 0 Å². The van der Waals surface area contributed by atoms with Crippen molar-refractivity contribution < 1.29 is 5.11 Å². The lowest BCUT2D eigenvalue weighted by Crippen LogP contribution is -2.45. The van der Waals surface area contributed by atoms with Crippen molar-refractivity contribution >= 4 is 5.82 Å². The summed E-state index contributed by atoms with van der Waals surface area (Å²) >= 11 is 0. The zero-order chi connectivity index (χ0) is 12.3. The normalized spacial score (nSPS) is 29.0. The van der Waals surface area contributed by atoms with Gasteiger partial charge < -0.3 is 10.4 Å². The molecular weight excluding hydrogens is 212 g/mol. The van der Waals surface area contributed by atoms with Gasteiger partial charge in [-0.3, -0.25) is 0 Å². The van der Waals surface area contributed by atoms with E-state index in [1.54, 1.807) is 0 Å². The molecule has 3 nitrogen and oxygen atoms in total. The molecule has 1 aromatic rings. The molecule has 0 amide bonds. The summed E-state index contributed by atoms with van der Waals surface area (Å²) in [7, 11) is 0. The predicted octanol–water partition coefficient (Wildman–Crippen LogP) is 2.74. The van der Waals surface area contributed by atoms with Gasteiger partial charge in [0, 0.05) is 5.69 Å². The predicted molar refractivity (Wildman–Crippen MR) is 70.0 cm³/mol. The molecular formula is C14H22N2O. The molecule has 2 rings (SSSR count). The van der Waals surface area contributed by atoms with E-state index in [9.17, 15) is 5.11 Å². The van der Waals surface area contributed by atoms with E-state index in [1.165, 1.54) is 12.8 Å². The van der Waals surface area contributed by atoms with Crippen molar-refractivity contribution in [2.45, 2.75) is 45.1 Å². The highest BCUT2D eigenvalue weighted by Gasteiger charge is 2.33. The van der Waals surface area contributed by atoms with Gasteiger partial charge >= 0.3 is 0 Å². The van der Waals surface area contributed by atoms with E-state index in [4.69, 9.17) is 0 Å². The molecule has 1 aromatic heterocycles. The van der Waals surface area contributed by atoms with Gasteiger partial charge in [-0.2, -0.15) is 0 Å². The fourth-order valence-corrected chi connectivity index (χ4v) is 2.52. The van der Waals surface area contributed by atoms with Crippen LogP contribution in [0.15, 0.2) is 18.2 Å². The quantitative estimate of drug-likeness (QED) is 0.845. The zero-order valence-electron chi connectivity index (χ0n) is 10.7. The Balaban J connectivity index is 2.09. The van der Waals surface area contributed by atoms with Crippen molar-refractivity contribution in [1.29, 1.82) is 0 Å². The Morgan fingerprint density at radius 2 is 2.12 bits per heavy atom. The molecule has 0 bridgehead atoms. The van der Waals surface area contributed by atoms with Crippen molar-refractivity contribution in [2.24, 2.45) is 5.92 Å². The average Bonchev–Trinajstić information content (AvgIpc) is 2.33. The summed E-state index contributed by atoms with van der Waals surface area (Å²) in [6.45, 7) is 4.46. The minimum absolute atomic E-state index is 0.159. The molecule has 1 aliphatic rings. The zero-order valence-corrected chi connectivity index (χ0v) is 10.7. The molecule has 0 unspecified atom stereocenters. The first-order valence-corrected chi connectivity index (χ1v) is 6.46. The van der Waals surface area contributed by atoms with Gasteiger partial charge in [0.1, 0.15) is 5.82 Å². The molecule has 3 heteroatoms. The molecule has 0 atom stereocenters. The summed E-state index contributed by atoms with van der Waals surface area (Å²) in [5.74, 6) is 1.66. The van der Waals surface area contributed by atoms with Gasteiger partial charge in [0.25, 0.3) is 0 Å². The van der Waals surface area contributed by atoms with Crippen LogP contribution in [0.2, 0.25) is 0 Å². The summed E-state index contributed by atoms with van der Waals surface area (Å²) < 4.78 is 0. The fourth-order valence-electron chi connectivity index (χ4n) is 2.52. The Kier molecular flexibility index (Phi) is 3.67. The Morgan fingerprint density at radius 3 is 2.71 bits per heavy atom. The second-order valence-corrected chi connectivity index (χ2v) is 5.41. The largest absolute Gasteiger partial charge is 0.394 e. The van der Waals surface area contributed by atoms with Crippen LogP contribution in [0.5, 0.6) is 0 Å². The van der Waals surface area contributed by atoms with Crippen molar-refractivity contribution in [2.75, 3.05) is 11.9 Å². The molecule has 2 N–H and O–H groups in total. The Labute approximate surface area is 103 Å². The van der Waals surface area contributed by atoms with E-state index in [0.717, 1.165) is 30.3 Å². The molecule has 94 valence electrons. The third-order valence-electron chi connectivity index (χ3n) is 3.82. The number of nitrogens with one attached hydrogen (secondary N) is 1. The van der Waals surface area contributed by atoms with Crippen molar-refractivity contribution in [3.8, 4) is 0 Å². The smallest absolute Gasteiger partial charge is 0.126 e. The average molecular weight is 234 g/mol. The van der Waals surface area contributed by atoms with E-state index in [2.05, 4.69) is 17.2 Å². The number of rotatable bonds is 3. The maximum absolute atomic E-state index is 9.67. The lowest BCUT2D eigenvalue weighted by atomic mass is 9.77. The first kappa shape index (κ1) is 12.4. The monoisotopic (exact) mass is 234 g/mol. The van der Waals surface area contributed by atoms with Gasteiger partial charge in [-0.1, -0.05) is 13.0 Å². The number of nitrogens with zero attached hydrogens (tertiary/aromatic N) is 1. The van der Waals surface area contributed by atoms with Crippen LogP contribution in [0.25, 0.3) is 0 Å². The second kappa shape index (κ2) is 5.05. The number of aliphatic hydroxyl groups excluding tert-OH is 1. The molecule has 1 aliphatic carbocycles. The number of hydrogen-bond donors (Lipinski definition) is 2. The van der Waals surface area contributed by atoms with Crippen LogP contribution in [-0.4, -0.2) is 22.2 Å². The third kappa shape index (κ3) is 2.97. The summed E-state index contributed by atoms with van der Waals surface area (Å²) in [4.78, 5) is 4.46. The van der Waals surface area contributed by atoms with E-state index in [0.29, 0.717) is 0 Å². The third-order valence-corrected chi connectivity index (χ3v) is 3.82. The van der Waals surface area contributed by atoms with Crippen LogP contribution in [-0.2, 0) is 0 Å². The summed E-state index contributed by atoms with van der Waals surface area (Å²) in [5, 5.41) is 13.1. The Bertz CT molecular complexity index is 370. The van der Waals surface area contributed by atoms with Crippen LogP contribution in [0, 0.1) is 12.8 Å². The van der Waals surface area contributed by atoms with E-state index in [-0.39, 0.29) is 12.1 Å². The minimum atomic E-state index is -0.159.